The number of carbonyl (C=O) groups is 1. The largest absolute Gasteiger partial charge is 0.350 e. The summed E-state index contributed by atoms with van der Waals surface area (Å²) < 4.78 is 1.51. The Morgan fingerprint density at radius 2 is 2.64 bits per heavy atom. The monoisotopic (exact) mass is 195 g/mol. The van der Waals surface area contributed by atoms with Gasteiger partial charge in [-0.25, -0.2) is 9.67 Å². The molecule has 0 radical (unpaired) electrons. The molecule has 0 aliphatic carbocycles. The number of aromatic nitrogens is 3. The first-order valence-electron chi connectivity index (χ1n) is 4.67. The molecule has 1 fully saturated rings. The van der Waals surface area contributed by atoms with Crippen molar-refractivity contribution >= 4 is 5.91 Å². The highest BCUT2D eigenvalue weighted by molar-refractivity contribution is 5.75. The van der Waals surface area contributed by atoms with E-state index in [1.165, 1.54) is 17.3 Å². The minimum Gasteiger partial charge on any atom is -0.350 e. The van der Waals surface area contributed by atoms with Gasteiger partial charge in [-0.05, 0) is 13.0 Å². The van der Waals surface area contributed by atoms with Crippen molar-refractivity contribution in [1.82, 2.24) is 25.4 Å². The van der Waals surface area contributed by atoms with Crippen LogP contribution in [0.25, 0.3) is 0 Å². The molecule has 0 bridgehead atoms. The first kappa shape index (κ1) is 9.14. The lowest BCUT2D eigenvalue weighted by molar-refractivity contribution is -0.122. The standard InChI is InChI=1S/C8H13N5O/c14-8(4-13-6-10-5-11-13)12-7-1-2-9-3-7/h5-7,9H,1-4H2,(H,12,14)/t7-/m0/s1. The fourth-order valence-corrected chi connectivity index (χ4v) is 1.51. The molecule has 14 heavy (non-hydrogen) atoms. The molecule has 2 N–H and O–H groups in total. The summed E-state index contributed by atoms with van der Waals surface area (Å²) in [5.41, 5.74) is 0. The van der Waals surface area contributed by atoms with Crippen LogP contribution in [0.4, 0.5) is 0 Å². The fourth-order valence-electron chi connectivity index (χ4n) is 1.51. The van der Waals surface area contributed by atoms with Gasteiger partial charge in [-0.15, -0.1) is 0 Å². The van der Waals surface area contributed by atoms with Crippen LogP contribution in [0.15, 0.2) is 12.7 Å². The molecule has 1 aliphatic heterocycles. The lowest BCUT2D eigenvalue weighted by Gasteiger charge is -2.10. The van der Waals surface area contributed by atoms with E-state index in [4.69, 9.17) is 0 Å². The third-order valence-electron chi connectivity index (χ3n) is 2.20. The minimum atomic E-state index is -0.01000. The van der Waals surface area contributed by atoms with Crippen LogP contribution in [0, 0.1) is 0 Å². The summed E-state index contributed by atoms with van der Waals surface area (Å²) in [4.78, 5) is 15.2. The minimum absolute atomic E-state index is 0.01000. The molecule has 0 unspecified atom stereocenters. The first-order chi connectivity index (χ1) is 6.84. The molecule has 1 saturated heterocycles. The summed E-state index contributed by atoms with van der Waals surface area (Å²) in [6, 6.07) is 0.269. The number of nitrogens with zero attached hydrogens (tertiary/aromatic N) is 3. The van der Waals surface area contributed by atoms with Crippen molar-refractivity contribution in [2.75, 3.05) is 13.1 Å². The number of hydrogen-bond donors (Lipinski definition) is 2. The second kappa shape index (κ2) is 4.19. The van der Waals surface area contributed by atoms with Crippen molar-refractivity contribution in [2.45, 2.75) is 19.0 Å². The van der Waals surface area contributed by atoms with E-state index in [0.29, 0.717) is 0 Å². The Morgan fingerprint density at radius 1 is 1.71 bits per heavy atom. The van der Waals surface area contributed by atoms with Crippen LogP contribution in [-0.2, 0) is 11.3 Å². The van der Waals surface area contributed by atoms with Crippen molar-refractivity contribution < 1.29 is 4.79 Å². The van der Waals surface area contributed by atoms with Gasteiger partial charge in [-0.2, -0.15) is 5.10 Å². The summed E-state index contributed by atoms with van der Waals surface area (Å²) >= 11 is 0. The molecular formula is C8H13N5O. The maximum Gasteiger partial charge on any atom is 0.242 e. The molecule has 6 heteroatoms. The van der Waals surface area contributed by atoms with Gasteiger partial charge in [0.1, 0.15) is 19.2 Å². The third-order valence-corrected chi connectivity index (χ3v) is 2.20. The van der Waals surface area contributed by atoms with E-state index >= 15 is 0 Å². The van der Waals surface area contributed by atoms with E-state index in [0.717, 1.165) is 19.5 Å². The highest BCUT2D eigenvalue weighted by Gasteiger charge is 2.16. The fraction of sp³-hybridized carbons (Fsp3) is 0.625. The van der Waals surface area contributed by atoms with E-state index in [2.05, 4.69) is 20.7 Å². The average molecular weight is 195 g/mol. The van der Waals surface area contributed by atoms with Gasteiger partial charge in [-0.1, -0.05) is 0 Å². The van der Waals surface area contributed by atoms with Crippen LogP contribution < -0.4 is 10.6 Å². The Bertz CT molecular complexity index is 291. The van der Waals surface area contributed by atoms with Gasteiger partial charge in [-0.3, -0.25) is 4.79 Å². The Balaban J connectivity index is 1.78. The van der Waals surface area contributed by atoms with E-state index in [1.54, 1.807) is 0 Å². The molecule has 0 spiro atoms. The third kappa shape index (κ3) is 2.29. The van der Waals surface area contributed by atoms with Crippen LogP contribution in [0.5, 0.6) is 0 Å². The smallest absolute Gasteiger partial charge is 0.242 e. The predicted octanol–water partition coefficient (Wildman–Crippen LogP) is -1.24. The second-order valence-electron chi connectivity index (χ2n) is 3.35. The zero-order valence-electron chi connectivity index (χ0n) is 7.81. The van der Waals surface area contributed by atoms with Crippen LogP contribution >= 0.6 is 0 Å². The van der Waals surface area contributed by atoms with Gasteiger partial charge in [0.05, 0.1) is 0 Å². The molecule has 0 saturated carbocycles. The van der Waals surface area contributed by atoms with Gasteiger partial charge >= 0.3 is 0 Å². The summed E-state index contributed by atoms with van der Waals surface area (Å²) in [7, 11) is 0. The van der Waals surface area contributed by atoms with Crippen molar-refractivity contribution in [1.29, 1.82) is 0 Å². The zero-order valence-corrected chi connectivity index (χ0v) is 7.81. The van der Waals surface area contributed by atoms with Crippen molar-refractivity contribution in [3.63, 3.8) is 0 Å². The SMILES string of the molecule is O=C(Cn1cncn1)N[C@H]1CCNC1. The van der Waals surface area contributed by atoms with Crippen molar-refractivity contribution in [3.05, 3.63) is 12.7 Å². The number of hydrogen-bond acceptors (Lipinski definition) is 4. The molecular weight excluding hydrogens is 182 g/mol. The molecule has 1 aromatic heterocycles. The van der Waals surface area contributed by atoms with Gasteiger partial charge in [0, 0.05) is 12.6 Å². The average Bonchev–Trinajstić information content (AvgIpc) is 2.76. The maximum absolute atomic E-state index is 11.4. The molecule has 76 valence electrons. The topological polar surface area (TPSA) is 71.8 Å². The van der Waals surface area contributed by atoms with Gasteiger partial charge in [0.25, 0.3) is 0 Å². The lowest BCUT2D eigenvalue weighted by atomic mass is 10.2. The van der Waals surface area contributed by atoms with Crippen LogP contribution in [-0.4, -0.2) is 39.8 Å². The maximum atomic E-state index is 11.4. The van der Waals surface area contributed by atoms with E-state index in [9.17, 15) is 4.79 Å². The van der Waals surface area contributed by atoms with Gasteiger partial charge in [0.2, 0.25) is 5.91 Å². The highest BCUT2D eigenvalue weighted by Crippen LogP contribution is 1.96. The van der Waals surface area contributed by atoms with Gasteiger partial charge in [0.15, 0.2) is 0 Å². The molecule has 1 atom stereocenters. The van der Waals surface area contributed by atoms with Crippen molar-refractivity contribution in [2.24, 2.45) is 0 Å². The Hall–Kier alpha value is -1.43. The number of nitrogens with one attached hydrogen (secondary N) is 2. The number of rotatable bonds is 3. The summed E-state index contributed by atoms with van der Waals surface area (Å²) in [6.07, 6.45) is 3.96. The zero-order chi connectivity index (χ0) is 9.80. The van der Waals surface area contributed by atoms with Gasteiger partial charge < -0.3 is 10.6 Å². The molecule has 1 aromatic rings. The summed E-state index contributed by atoms with van der Waals surface area (Å²) in [6.45, 7) is 2.09. The van der Waals surface area contributed by atoms with E-state index in [1.807, 2.05) is 0 Å². The second-order valence-corrected chi connectivity index (χ2v) is 3.35. The normalized spacial score (nSPS) is 21.0. The summed E-state index contributed by atoms with van der Waals surface area (Å²) in [5, 5.41) is 9.97. The predicted molar refractivity (Wildman–Crippen MR) is 49.4 cm³/mol. The molecule has 2 heterocycles. The quantitative estimate of drug-likeness (QED) is 0.632. The van der Waals surface area contributed by atoms with Crippen molar-refractivity contribution in [3.8, 4) is 0 Å². The first-order valence-corrected chi connectivity index (χ1v) is 4.67. The van der Waals surface area contributed by atoms with Crippen LogP contribution in [0.1, 0.15) is 6.42 Å². The Kier molecular flexibility index (Phi) is 2.73. The highest BCUT2D eigenvalue weighted by atomic mass is 16.2. The number of amides is 1. The molecule has 0 aromatic carbocycles. The van der Waals surface area contributed by atoms with Crippen LogP contribution in [0.3, 0.4) is 0 Å². The molecule has 6 nitrogen and oxygen atoms in total. The number of carbonyl (C=O) groups excluding carboxylic acids is 1. The molecule has 2 rings (SSSR count). The van der Waals surface area contributed by atoms with E-state index < -0.39 is 0 Å². The Morgan fingerprint density at radius 3 is 3.29 bits per heavy atom. The Labute approximate surface area is 81.7 Å². The summed E-state index contributed by atoms with van der Waals surface area (Å²) in [5.74, 6) is -0.01000. The van der Waals surface area contributed by atoms with Crippen LogP contribution in [0.2, 0.25) is 0 Å². The molecule has 1 amide bonds. The molecule has 1 aliphatic rings. The lowest BCUT2D eigenvalue weighted by Crippen LogP contribution is -2.38. The van der Waals surface area contributed by atoms with E-state index in [-0.39, 0.29) is 18.5 Å².